The van der Waals surface area contributed by atoms with E-state index < -0.39 is 17.2 Å². The predicted molar refractivity (Wildman–Crippen MR) is 128 cm³/mol. The average molecular weight is 529 g/mol. The van der Waals surface area contributed by atoms with Crippen molar-refractivity contribution in [2.75, 3.05) is 13.6 Å². The van der Waals surface area contributed by atoms with E-state index in [1.165, 1.54) is 6.33 Å². The number of amides is 1. The highest BCUT2D eigenvalue weighted by Crippen LogP contribution is 2.09. The Bertz CT molecular complexity index is 813. The summed E-state index contributed by atoms with van der Waals surface area (Å²) in [4.78, 5) is 20.2. The topological polar surface area (TPSA) is 105 Å². The maximum atomic E-state index is 12.0. The summed E-state index contributed by atoms with van der Waals surface area (Å²) >= 11 is 0. The molecule has 0 aliphatic carbocycles. The molecule has 0 aliphatic heterocycles. The van der Waals surface area contributed by atoms with Crippen molar-refractivity contribution in [1.82, 2.24) is 30.7 Å². The molecule has 0 bridgehead atoms. The lowest BCUT2D eigenvalue weighted by atomic mass is 10.1. The molecule has 2 rings (SSSR count). The Morgan fingerprint density at radius 2 is 1.80 bits per heavy atom. The normalized spacial score (nSPS) is 12.0. The highest BCUT2D eigenvalue weighted by atomic mass is 127. The number of halogens is 1. The molecule has 9 nitrogen and oxygen atoms in total. The number of carbonyl (C=O) groups is 1. The van der Waals surface area contributed by atoms with Crippen molar-refractivity contribution in [3.8, 4) is 5.69 Å². The van der Waals surface area contributed by atoms with Gasteiger partial charge in [0.25, 0.3) is 0 Å². The zero-order valence-electron chi connectivity index (χ0n) is 18.4. The van der Waals surface area contributed by atoms with Crippen LogP contribution in [0.4, 0.5) is 4.79 Å². The summed E-state index contributed by atoms with van der Waals surface area (Å²) < 4.78 is 7.02. The van der Waals surface area contributed by atoms with Crippen LogP contribution in [0.15, 0.2) is 41.9 Å². The Kier molecular flexibility index (Phi) is 9.53. The Balaban J connectivity index is 0.00000450. The van der Waals surface area contributed by atoms with Gasteiger partial charge in [-0.05, 0) is 52.3 Å². The van der Waals surface area contributed by atoms with Gasteiger partial charge in [0.05, 0.1) is 11.2 Å². The Morgan fingerprint density at radius 3 is 2.33 bits per heavy atom. The van der Waals surface area contributed by atoms with Crippen LogP contribution in [-0.2, 0) is 11.3 Å². The van der Waals surface area contributed by atoms with Gasteiger partial charge in [0, 0.05) is 20.1 Å². The van der Waals surface area contributed by atoms with Crippen molar-refractivity contribution < 1.29 is 9.53 Å². The maximum Gasteiger partial charge on any atom is 0.408 e. The molecule has 0 radical (unpaired) electrons. The maximum absolute atomic E-state index is 12.0. The van der Waals surface area contributed by atoms with Crippen LogP contribution in [0.5, 0.6) is 0 Å². The quantitative estimate of drug-likeness (QED) is 0.302. The monoisotopic (exact) mass is 529 g/mol. The van der Waals surface area contributed by atoms with Crippen LogP contribution >= 0.6 is 24.0 Å². The molecule has 1 aromatic heterocycles. The van der Waals surface area contributed by atoms with Crippen molar-refractivity contribution in [3.63, 3.8) is 0 Å². The van der Waals surface area contributed by atoms with Crippen LogP contribution < -0.4 is 16.0 Å². The van der Waals surface area contributed by atoms with E-state index in [9.17, 15) is 4.79 Å². The molecule has 1 amide bonds. The minimum Gasteiger partial charge on any atom is -0.444 e. The standard InChI is InChI=1S/C20H31N7O2.HI/c1-19(2,3)29-18(28)26-20(4,5)12-24-17(21-6)23-11-15-7-9-16(10-8-15)27-14-22-13-25-27;/h7-10,13-14H,11-12H2,1-6H3,(H,26,28)(H2,21,23,24);1H. The van der Waals surface area contributed by atoms with Crippen LogP contribution in [0.25, 0.3) is 5.69 Å². The summed E-state index contributed by atoms with van der Waals surface area (Å²) in [5.41, 5.74) is 1.00. The van der Waals surface area contributed by atoms with Gasteiger partial charge in [-0.3, -0.25) is 4.99 Å². The third-order valence-electron chi connectivity index (χ3n) is 3.84. The van der Waals surface area contributed by atoms with Crippen LogP contribution in [0, 0.1) is 0 Å². The first-order valence-corrected chi connectivity index (χ1v) is 9.48. The molecule has 0 spiro atoms. The van der Waals surface area contributed by atoms with E-state index in [1.54, 1.807) is 18.1 Å². The van der Waals surface area contributed by atoms with E-state index in [-0.39, 0.29) is 24.0 Å². The number of nitrogens with zero attached hydrogens (tertiary/aromatic N) is 4. The molecule has 166 valence electrons. The van der Waals surface area contributed by atoms with Crippen LogP contribution in [0.1, 0.15) is 40.2 Å². The molecule has 10 heteroatoms. The number of nitrogens with one attached hydrogen (secondary N) is 3. The molecule has 30 heavy (non-hydrogen) atoms. The highest BCUT2D eigenvalue weighted by molar-refractivity contribution is 14.0. The van der Waals surface area contributed by atoms with Crippen LogP contribution in [0.2, 0.25) is 0 Å². The molecule has 3 N–H and O–H groups in total. The Morgan fingerprint density at radius 1 is 1.13 bits per heavy atom. The number of alkyl carbamates (subject to hydrolysis) is 1. The van der Waals surface area contributed by atoms with Gasteiger partial charge in [-0.25, -0.2) is 14.5 Å². The minimum atomic E-state index is -0.533. The van der Waals surface area contributed by atoms with Crippen molar-refractivity contribution in [3.05, 3.63) is 42.5 Å². The van der Waals surface area contributed by atoms with Gasteiger partial charge < -0.3 is 20.7 Å². The number of benzene rings is 1. The first kappa shape index (κ1) is 25.7. The summed E-state index contributed by atoms with van der Waals surface area (Å²) in [5.74, 6) is 0.643. The first-order chi connectivity index (χ1) is 13.6. The fourth-order valence-corrected chi connectivity index (χ4v) is 2.44. The first-order valence-electron chi connectivity index (χ1n) is 9.48. The number of hydrogen-bond donors (Lipinski definition) is 3. The molecular formula is C20H32IN7O2. The molecular weight excluding hydrogens is 497 g/mol. The van der Waals surface area contributed by atoms with E-state index in [2.05, 4.69) is 31.0 Å². The third kappa shape index (κ3) is 8.97. The molecule has 0 unspecified atom stereocenters. The zero-order chi connectivity index (χ0) is 21.5. The van der Waals surface area contributed by atoms with Crippen LogP contribution in [0.3, 0.4) is 0 Å². The van der Waals surface area contributed by atoms with Gasteiger partial charge in [-0.1, -0.05) is 12.1 Å². The predicted octanol–water partition coefficient (Wildman–Crippen LogP) is 2.85. The van der Waals surface area contributed by atoms with Crippen molar-refractivity contribution in [2.45, 2.75) is 52.3 Å². The molecule has 1 aromatic carbocycles. The minimum absolute atomic E-state index is 0. The van der Waals surface area contributed by atoms with Crippen molar-refractivity contribution in [1.29, 1.82) is 0 Å². The second-order valence-electron chi connectivity index (χ2n) is 8.30. The summed E-state index contributed by atoms with van der Waals surface area (Å²) in [5, 5.41) is 13.5. The summed E-state index contributed by atoms with van der Waals surface area (Å²) in [6.45, 7) is 10.4. The molecule has 0 atom stereocenters. The molecule has 0 fully saturated rings. The Labute approximate surface area is 195 Å². The van der Waals surface area contributed by atoms with Gasteiger partial charge in [0.1, 0.15) is 18.3 Å². The molecule has 0 saturated carbocycles. The highest BCUT2D eigenvalue weighted by Gasteiger charge is 2.24. The second kappa shape index (κ2) is 11.1. The number of hydrogen-bond acceptors (Lipinski definition) is 5. The number of carbonyl (C=O) groups excluding carboxylic acids is 1. The Hall–Kier alpha value is -2.37. The molecule has 2 aromatic rings. The van der Waals surface area contributed by atoms with E-state index in [0.717, 1.165) is 11.3 Å². The lowest BCUT2D eigenvalue weighted by Gasteiger charge is -2.29. The number of rotatable bonds is 6. The van der Waals surface area contributed by atoms with Gasteiger partial charge in [-0.2, -0.15) is 5.10 Å². The summed E-state index contributed by atoms with van der Waals surface area (Å²) in [7, 11) is 1.71. The number of aromatic nitrogens is 3. The number of guanidine groups is 1. The third-order valence-corrected chi connectivity index (χ3v) is 3.84. The lowest BCUT2D eigenvalue weighted by Crippen LogP contribution is -2.54. The van der Waals surface area contributed by atoms with Gasteiger partial charge >= 0.3 is 6.09 Å². The summed E-state index contributed by atoms with van der Waals surface area (Å²) in [6.07, 6.45) is 2.72. The number of ether oxygens (including phenoxy) is 1. The average Bonchev–Trinajstić information content (AvgIpc) is 3.14. The fourth-order valence-electron chi connectivity index (χ4n) is 2.44. The van der Waals surface area contributed by atoms with E-state index in [4.69, 9.17) is 4.74 Å². The lowest BCUT2D eigenvalue weighted by molar-refractivity contribution is 0.0474. The van der Waals surface area contributed by atoms with E-state index in [1.807, 2.05) is 58.9 Å². The largest absolute Gasteiger partial charge is 0.444 e. The number of aliphatic imine (C=N–C) groups is 1. The molecule has 0 aliphatic rings. The van der Waals surface area contributed by atoms with Crippen molar-refractivity contribution >= 4 is 36.0 Å². The molecule has 0 saturated heterocycles. The molecule has 1 heterocycles. The van der Waals surface area contributed by atoms with Crippen molar-refractivity contribution in [2.24, 2.45) is 4.99 Å². The van der Waals surface area contributed by atoms with Crippen LogP contribution in [-0.4, -0.2) is 51.5 Å². The SMILES string of the molecule is CN=C(NCc1ccc(-n2cncn2)cc1)NCC(C)(C)NC(=O)OC(C)(C)C.I. The second-order valence-corrected chi connectivity index (χ2v) is 8.30. The zero-order valence-corrected chi connectivity index (χ0v) is 20.7. The van der Waals surface area contributed by atoms with E-state index in [0.29, 0.717) is 19.0 Å². The van der Waals surface area contributed by atoms with Gasteiger partial charge in [0.2, 0.25) is 0 Å². The van der Waals surface area contributed by atoms with Gasteiger partial charge in [-0.15, -0.1) is 24.0 Å². The van der Waals surface area contributed by atoms with Gasteiger partial charge in [0.15, 0.2) is 5.96 Å². The smallest absolute Gasteiger partial charge is 0.408 e. The fraction of sp³-hybridized carbons (Fsp3) is 0.500. The van der Waals surface area contributed by atoms with E-state index >= 15 is 0 Å². The summed E-state index contributed by atoms with van der Waals surface area (Å²) in [6, 6.07) is 8.00.